The van der Waals surface area contributed by atoms with E-state index in [0.29, 0.717) is 24.1 Å². The Morgan fingerprint density at radius 1 is 0.467 bits per heavy atom. The van der Waals surface area contributed by atoms with E-state index in [1.54, 1.807) is 54.8 Å². The first-order chi connectivity index (χ1) is 44.6. The second kappa shape index (κ2) is 31.8. The molecular weight excluding hydrogens is 1160 g/mol. The monoisotopic (exact) mass is 1250 g/mol. The molecule has 92 heavy (non-hydrogen) atoms. The van der Waals surface area contributed by atoms with E-state index in [2.05, 4.69) is 63.0 Å². The smallest absolute Gasteiger partial charge is 0.408 e. The van der Waals surface area contributed by atoms with Gasteiger partial charge in [-0.05, 0) is 99.4 Å². The van der Waals surface area contributed by atoms with Crippen LogP contribution in [0.1, 0.15) is 165 Å². The average Bonchev–Trinajstić information content (AvgIpc) is 1.70. The van der Waals surface area contributed by atoms with Gasteiger partial charge in [0.25, 0.3) is 11.8 Å². The fraction of sp³-hybridized carbons (Fsp3) is 0.486. The number of hydrogen-bond donors (Lipinski definition) is 5. The highest BCUT2D eigenvalue weighted by molar-refractivity contribution is 6.00. The van der Waals surface area contributed by atoms with Crippen LogP contribution in [0.15, 0.2) is 146 Å². The van der Waals surface area contributed by atoms with E-state index in [1.807, 2.05) is 84.9 Å². The summed E-state index contributed by atoms with van der Waals surface area (Å²) in [7, 11) is 0. The van der Waals surface area contributed by atoms with Crippen molar-refractivity contribution in [3.63, 3.8) is 0 Å². The molecule has 0 bridgehead atoms. The van der Waals surface area contributed by atoms with E-state index in [1.165, 1.54) is 0 Å². The molecular formula is C74H91N7O11. The molecule has 3 aliphatic carbocycles. The summed E-state index contributed by atoms with van der Waals surface area (Å²) in [5, 5.41) is 15.3. The van der Waals surface area contributed by atoms with Gasteiger partial charge >= 0.3 is 12.1 Å². The number of alkyl carbamates (subject to hydrolysis) is 1. The number of ether oxygens (including phenoxy) is 3. The molecule has 3 saturated carbocycles. The number of carbonyl (C=O) groups is 8. The number of unbranched alkanes of at least 4 members (excludes halogenated alkanes) is 9. The minimum absolute atomic E-state index is 0.0505. The molecule has 18 nitrogen and oxygen atoms in total. The minimum Gasteiger partial charge on any atom is -0.464 e. The van der Waals surface area contributed by atoms with Crippen LogP contribution in [-0.2, 0) is 44.8 Å². The van der Waals surface area contributed by atoms with Crippen molar-refractivity contribution < 1.29 is 52.6 Å². The molecule has 18 heteroatoms. The van der Waals surface area contributed by atoms with Gasteiger partial charge in [0, 0.05) is 79.7 Å². The molecule has 7 amide bonds. The largest absolute Gasteiger partial charge is 0.464 e. The van der Waals surface area contributed by atoms with Crippen molar-refractivity contribution in [3.8, 4) is 0 Å². The van der Waals surface area contributed by atoms with Crippen molar-refractivity contribution in [2.45, 2.75) is 158 Å². The van der Waals surface area contributed by atoms with Gasteiger partial charge in [0.05, 0.1) is 43.5 Å². The summed E-state index contributed by atoms with van der Waals surface area (Å²) < 4.78 is 16.7. The van der Waals surface area contributed by atoms with Gasteiger partial charge in [0.2, 0.25) is 23.6 Å². The van der Waals surface area contributed by atoms with Crippen LogP contribution in [0, 0.1) is 23.7 Å². The second-order valence-electron chi connectivity index (χ2n) is 26.7. The summed E-state index contributed by atoms with van der Waals surface area (Å²) in [6.07, 6.45) is 11.3. The number of carbonyl (C=O) groups excluding carboxylic acids is 8. The van der Waals surface area contributed by atoms with E-state index in [9.17, 15) is 38.4 Å². The summed E-state index contributed by atoms with van der Waals surface area (Å²) in [5.74, 6) is -4.73. The molecule has 488 valence electrons. The Balaban J connectivity index is 0.662. The standard InChI is InChI=1S/C74H91N7O11/c1-74(2,3)92-73(89)79-65(48-90-47-49-26-16-12-17-27-49)72(88)91-39-25-11-9-7-5-4-6-8-10-24-38-75-66(82)58-43-80(44-59(58)67(83)76-62-40-55(62)50-28-18-13-19-29-50)70(86)53-34-36-54(37-35-53)71(87)81-45-60(68(84)77-63-41-56(63)51-30-20-14-21-31-51)61(46-81)69(85)78-64-42-57(64)52-32-22-15-23-33-52/h12-23,26-37,55-65H,4-11,24-25,38-48H2,1-3H3,(H,75,82)(H,76,83)(H,77,84)(H,78,85)(H,79,89)/t55-,56-,57-,58-,59-,60-,61-,62+,63+,64+,65+/m1/s1. The average molecular weight is 1250 g/mol. The maximum absolute atomic E-state index is 14.3. The number of nitrogens with one attached hydrogen (secondary N) is 5. The lowest BCUT2D eigenvalue weighted by Gasteiger charge is -2.23. The zero-order chi connectivity index (χ0) is 64.6. The van der Waals surface area contributed by atoms with Gasteiger partial charge in [-0.2, -0.15) is 0 Å². The molecule has 2 aliphatic heterocycles. The summed E-state index contributed by atoms with van der Waals surface area (Å²) >= 11 is 0. The van der Waals surface area contributed by atoms with Gasteiger partial charge in [0.1, 0.15) is 5.60 Å². The van der Waals surface area contributed by atoms with Crippen LogP contribution in [0.2, 0.25) is 0 Å². The quantitative estimate of drug-likeness (QED) is 0.0207. The van der Waals surface area contributed by atoms with Crippen molar-refractivity contribution in [3.05, 3.63) is 179 Å². The summed E-state index contributed by atoms with van der Waals surface area (Å²) in [4.78, 5) is 114. The van der Waals surface area contributed by atoms with Gasteiger partial charge in [0.15, 0.2) is 6.04 Å². The Bertz CT molecular complexity index is 3220. The Labute approximate surface area is 541 Å². The molecule has 2 heterocycles. The summed E-state index contributed by atoms with van der Waals surface area (Å²) in [5.41, 5.74) is 4.28. The topological polar surface area (TPSA) is 231 Å². The molecule has 0 aromatic heterocycles. The fourth-order valence-corrected chi connectivity index (χ4v) is 13.0. The number of esters is 1. The second-order valence-corrected chi connectivity index (χ2v) is 26.7. The normalized spacial score (nSPS) is 23.1. The first kappa shape index (κ1) is 66.5. The molecule has 0 unspecified atom stereocenters. The van der Waals surface area contributed by atoms with Crippen molar-refractivity contribution >= 4 is 47.5 Å². The highest BCUT2D eigenvalue weighted by Crippen LogP contribution is 2.44. The van der Waals surface area contributed by atoms with Crippen molar-refractivity contribution in [2.75, 3.05) is 45.9 Å². The number of benzene rings is 5. The first-order valence-electron chi connectivity index (χ1n) is 33.4. The van der Waals surface area contributed by atoms with Crippen LogP contribution in [-0.4, -0.2) is 133 Å². The van der Waals surface area contributed by atoms with E-state index in [-0.39, 0.29) is 117 Å². The SMILES string of the molecule is CC(C)(C)OC(=O)N[C@@H](COCc1ccccc1)C(=O)OCCCCCCCCCCCCNC(=O)[C@@H]1CN(C(=O)c2ccc(C(=O)N3C[C@@H](C(=O)N[C@H]4C[C@@H]4c4ccccc4)[C@H](C(=O)N[C@H]4C[C@@H]4c4ccccc4)C3)cc2)C[C@H]1C(=O)N[C@H]1C[C@@H]1c1ccccc1. The predicted octanol–water partition coefficient (Wildman–Crippen LogP) is 9.75. The lowest BCUT2D eigenvalue weighted by Crippen LogP contribution is -2.47. The fourth-order valence-electron chi connectivity index (χ4n) is 13.0. The number of likely N-dealkylation sites (tertiary alicyclic amines) is 2. The number of hydrogen-bond acceptors (Lipinski definition) is 11. The Morgan fingerprint density at radius 2 is 0.837 bits per heavy atom. The molecule has 11 atom stereocenters. The van der Waals surface area contributed by atoms with Crippen molar-refractivity contribution in [1.82, 2.24) is 36.4 Å². The maximum Gasteiger partial charge on any atom is 0.408 e. The number of rotatable bonds is 31. The minimum atomic E-state index is -1.01. The van der Waals surface area contributed by atoms with Gasteiger partial charge < -0.3 is 50.6 Å². The Morgan fingerprint density at radius 3 is 1.24 bits per heavy atom. The molecule has 10 rings (SSSR count). The van der Waals surface area contributed by atoms with E-state index in [4.69, 9.17) is 14.2 Å². The van der Waals surface area contributed by atoms with Crippen LogP contribution < -0.4 is 26.6 Å². The van der Waals surface area contributed by atoms with Gasteiger partial charge in [-0.3, -0.25) is 28.8 Å². The van der Waals surface area contributed by atoms with E-state index < -0.39 is 47.4 Å². The van der Waals surface area contributed by atoms with Gasteiger partial charge in [-0.25, -0.2) is 9.59 Å². The third kappa shape index (κ3) is 18.9. The zero-order valence-corrected chi connectivity index (χ0v) is 53.4. The predicted molar refractivity (Wildman–Crippen MR) is 349 cm³/mol. The zero-order valence-electron chi connectivity index (χ0n) is 53.4. The van der Waals surface area contributed by atoms with Crippen LogP contribution in [0.25, 0.3) is 0 Å². The van der Waals surface area contributed by atoms with Crippen molar-refractivity contribution in [2.24, 2.45) is 23.7 Å². The molecule has 5 N–H and O–H groups in total. The molecule has 5 aromatic carbocycles. The number of nitrogens with zero attached hydrogens (tertiary/aromatic N) is 2. The Hall–Kier alpha value is -8.38. The van der Waals surface area contributed by atoms with Crippen LogP contribution in [0.5, 0.6) is 0 Å². The first-order valence-corrected chi connectivity index (χ1v) is 33.4. The van der Waals surface area contributed by atoms with Gasteiger partial charge in [-0.15, -0.1) is 0 Å². The van der Waals surface area contributed by atoms with Gasteiger partial charge in [-0.1, -0.05) is 173 Å². The highest BCUT2D eigenvalue weighted by atomic mass is 16.6. The van der Waals surface area contributed by atoms with Crippen LogP contribution in [0.4, 0.5) is 4.79 Å². The molecule has 2 saturated heterocycles. The third-order valence-electron chi connectivity index (χ3n) is 18.5. The molecule has 0 radical (unpaired) electrons. The molecule has 5 fully saturated rings. The van der Waals surface area contributed by atoms with Crippen molar-refractivity contribution in [1.29, 1.82) is 0 Å². The molecule has 0 spiro atoms. The third-order valence-corrected chi connectivity index (χ3v) is 18.5. The highest BCUT2D eigenvalue weighted by Gasteiger charge is 2.50. The maximum atomic E-state index is 14.3. The molecule has 5 aromatic rings. The van der Waals surface area contributed by atoms with Crippen LogP contribution >= 0.6 is 0 Å². The Kier molecular flexibility index (Phi) is 23.0. The number of amides is 7. The van der Waals surface area contributed by atoms with E-state index >= 15 is 0 Å². The lowest BCUT2D eigenvalue weighted by molar-refractivity contribution is -0.148. The lowest BCUT2D eigenvalue weighted by atomic mass is 9.94. The van der Waals surface area contributed by atoms with E-state index in [0.717, 1.165) is 99.3 Å². The summed E-state index contributed by atoms with van der Waals surface area (Å²) in [6.45, 7) is 6.42. The van der Waals surface area contributed by atoms with Crippen LogP contribution in [0.3, 0.4) is 0 Å². The molecule has 5 aliphatic rings. The summed E-state index contributed by atoms with van der Waals surface area (Å²) in [6, 6.07) is 44.9.